The number of fused-ring (bicyclic) bond motifs is 3. The second-order valence-corrected chi connectivity index (χ2v) is 10.1. The summed E-state index contributed by atoms with van der Waals surface area (Å²) in [6.45, 7) is 3.14. The lowest BCUT2D eigenvalue weighted by molar-refractivity contribution is 0.104. The first-order chi connectivity index (χ1) is 19.6. The van der Waals surface area contributed by atoms with Gasteiger partial charge in [0.1, 0.15) is 11.3 Å². The van der Waals surface area contributed by atoms with Crippen molar-refractivity contribution in [1.82, 2.24) is 5.16 Å². The first-order valence-corrected chi connectivity index (χ1v) is 13.2. The molecule has 0 saturated carbocycles. The van der Waals surface area contributed by atoms with Crippen LogP contribution in [0.1, 0.15) is 15.9 Å². The third-order valence-electron chi connectivity index (χ3n) is 7.84. The molecule has 0 bridgehead atoms. The molecule has 0 amide bonds. The number of hydrogen-bond donors (Lipinski definition) is 1. The Morgan fingerprint density at radius 3 is 2.40 bits per heavy atom. The molecule has 0 radical (unpaired) electrons. The highest BCUT2D eigenvalue weighted by Gasteiger charge is 2.34. The summed E-state index contributed by atoms with van der Waals surface area (Å²) in [5.74, 6) is 1.62. The summed E-state index contributed by atoms with van der Waals surface area (Å²) in [5, 5.41) is 8.68. The minimum Gasteiger partial charge on any atom is -0.454 e. The molecule has 8 nitrogen and oxygen atoms in total. The van der Waals surface area contributed by atoms with Crippen molar-refractivity contribution in [3.05, 3.63) is 89.7 Å². The van der Waals surface area contributed by atoms with E-state index in [9.17, 15) is 9.18 Å². The zero-order chi connectivity index (χ0) is 26.8. The van der Waals surface area contributed by atoms with Gasteiger partial charge < -0.3 is 29.1 Å². The lowest BCUT2D eigenvalue weighted by atomic mass is 9.86. The van der Waals surface area contributed by atoms with Crippen LogP contribution in [0.2, 0.25) is 0 Å². The fraction of sp³-hybridized carbons (Fsp3) is 0.161. The number of carbonyl (C=O) groups is 1. The van der Waals surface area contributed by atoms with Crippen molar-refractivity contribution >= 4 is 39.4 Å². The standard InChI is InChI=1S/C31H23FN4O4/c32-18-5-8-20(9-6-18)35-11-13-36(14-12-35)24-16-23(33-19-7-10-25-26(15-19)39-17-38-25)27-28-29(24)34-40-31(28)22-4-2-1-3-21(22)30(27)37/h1-10,15-16,33H,11-14,17H2. The Hall–Kier alpha value is -5.05. The second kappa shape index (κ2) is 8.74. The minimum atomic E-state index is -0.244. The number of carbonyl (C=O) groups excluding carboxylic acids is 1. The maximum Gasteiger partial charge on any atom is 0.231 e. The highest BCUT2D eigenvalue weighted by atomic mass is 19.1. The molecule has 9 heteroatoms. The van der Waals surface area contributed by atoms with Gasteiger partial charge in [-0.05, 0) is 42.5 Å². The van der Waals surface area contributed by atoms with E-state index in [1.165, 1.54) is 12.1 Å². The molecule has 0 atom stereocenters. The molecule has 1 saturated heterocycles. The highest BCUT2D eigenvalue weighted by molar-refractivity contribution is 6.28. The Morgan fingerprint density at radius 1 is 0.825 bits per heavy atom. The third kappa shape index (κ3) is 3.51. The summed E-state index contributed by atoms with van der Waals surface area (Å²) in [6.07, 6.45) is 0. The molecule has 1 aromatic heterocycles. The lowest BCUT2D eigenvalue weighted by Crippen LogP contribution is -2.46. The predicted octanol–water partition coefficient (Wildman–Crippen LogP) is 5.98. The molecule has 1 aliphatic carbocycles. The molecular formula is C31H23FN4O4. The van der Waals surface area contributed by atoms with E-state index in [1.54, 1.807) is 0 Å². The summed E-state index contributed by atoms with van der Waals surface area (Å²) in [7, 11) is 0. The first-order valence-electron chi connectivity index (χ1n) is 13.2. The Labute approximate surface area is 228 Å². The number of benzene rings is 4. The number of halogens is 1. The topological polar surface area (TPSA) is 80.1 Å². The molecule has 40 heavy (non-hydrogen) atoms. The summed E-state index contributed by atoms with van der Waals surface area (Å²) >= 11 is 0. The number of nitrogens with zero attached hydrogens (tertiary/aromatic N) is 3. The van der Waals surface area contributed by atoms with E-state index in [0.717, 1.165) is 48.8 Å². The zero-order valence-electron chi connectivity index (χ0n) is 21.3. The van der Waals surface area contributed by atoms with E-state index in [2.05, 4.69) is 20.3 Å². The predicted molar refractivity (Wildman–Crippen MR) is 150 cm³/mol. The van der Waals surface area contributed by atoms with Crippen LogP contribution in [0.5, 0.6) is 11.5 Å². The number of ketones is 1. The number of aromatic nitrogens is 1. The summed E-state index contributed by atoms with van der Waals surface area (Å²) in [4.78, 5) is 18.4. The molecule has 4 aromatic carbocycles. The van der Waals surface area contributed by atoms with Crippen LogP contribution in [0.25, 0.3) is 22.2 Å². The van der Waals surface area contributed by atoms with Crippen LogP contribution < -0.4 is 24.6 Å². The molecule has 1 N–H and O–H groups in total. The van der Waals surface area contributed by atoms with Gasteiger partial charge in [0, 0.05) is 54.7 Å². The van der Waals surface area contributed by atoms with Crippen molar-refractivity contribution in [2.24, 2.45) is 0 Å². The van der Waals surface area contributed by atoms with Crippen molar-refractivity contribution in [3.63, 3.8) is 0 Å². The molecule has 1 fully saturated rings. The molecular weight excluding hydrogens is 511 g/mol. The lowest BCUT2D eigenvalue weighted by Gasteiger charge is -2.37. The molecule has 2 aliphatic heterocycles. The van der Waals surface area contributed by atoms with Crippen LogP contribution in [-0.4, -0.2) is 43.9 Å². The summed E-state index contributed by atoms with van der Waals surface area (Å²) < 4.78 is 30.4. The van der Waals surface area contributed by atoms with Gasteiger partial charge in [0.2, 0.25) is 6.79 Å². The second-order valence-electron chi connectivity index (χ2n) is 10.1. The van der Waals surface area contributed by atoms with Gasteiger partial charge in [0.25, 0.3) is 0 Å². The average molecular weight is 535 g/mol. The smallest absolute Gasteiger partial charge is 0.231 e. The van der Waals surface area contributed by atoms with E-state index >= 15 is 0 Å². The number of nitrogens with one attached hydrogen (secondary N) is 1. The average Bonchev–Trinajstić information content (AvgIpc) is 3.64. The SMILES string of the molecule is O=C1c2ccccc2-c2onc3c(N4CCN(c5ccc(F)cc5)CC4)cc(Nc4ccc5c(c4)OCO5)c1c23. The molecule has 0 unspecified atom stereocenters. The van der Waals surface area contributed by atoms with Crippen molar-refractivity contribution in [3.8, 4) is 22.8 Å². The van der Waals surface area contributed by atoms with E-state index in [1.807, 2.05) is 60.7 Å². The summed E-state index contributed by atoms with van der Waals surface area (Å²) in [6, 6.07) is 21.7. The van der Waals surface area contributed by atoms with Gasteiger partial charge in [0.05, 0.1) is 22.3 Å². The maximum atomic E-state index is 13.9. The molecule has 3 heterocycles. The van der Waals surface area contributed by atoms with Crippen LogP contribution in [-0.2, 0) is 0 Å². The van der Waals surface area contributed by atoms with Gasteiger partial charge in [-0.15, -0.1) is 0 Å². The van der Waals surface area contributed by atoms with Gasteiger partial charge in [-0.25, -0.2) is 4.39 Å². The molecule has 8 rings (SSSR count). The van der Waals surface area contributed by atoms with Crippen molar-refractivity contribution in [2.75, 3.05) is 48.1 Å². The normalized spacial score (nSPS) is 15.5. The quantitative estimate of drug-likeness (QED) is 0.296. The largest absolute Gasteiger partial charge is 0.454 e. The van der Waals surface area contributed by atoms with Gasteiger partial charge in [0.15, 0.2) is 23.0 Å². The van der Waals surface area contributed by atoms with E-state index in [4.69, 9.17) is 14.0 Å². The molecule has 5 aromatic rings. The maximum absolute atomic E-state index is 13.9. The number of ether oxygens (including phenoxy) is 2. The molecule has 198 valence electrons. The van der Waals surface area contributed by atoms with Crippen LogP contribution in [0.4, 0.5) is 27.1 Å². The number of piperazine rings is 1. The van der Waals surface area contributed by atoms with Crippen LogP contribution >= 0.6 is 0 Å². The Balaban J connectivity index is 1.22. The minimum absolute atomic E-state index is 0.0766. The first kappa shape index (κ1) is 22.9. The van der Waals surface area contributed by atoms with Gasteiger partial charge in [-0.3, -0.25) is 4.79 Å². The van der Waals surface area contributed by atoms with Crippen molar-refractivity contribution < 1.29 is 23.2 Å². The van der Waals surface area contributed by atoms with E-state index in [-0.39, 0.29) is 18.4 Å². The Morgan fingerprint density at radius 2 is 1.57 bits per heavy atom. The van der Waals surface area contributed by atoms with Gasteiger partial charge >= 0.3 is 0 Å². The monoisotopic (exact) mass is 534 g/mol. The Kier molecular flexibility index (Phi) is 5.00. The highest BCUT2D eigenvalue weighted by Crippen LogP contribution is 2.47. The zero-order valence-corrected chi connectivity index (χ0v) is 21.3. The van der Waals surface area contributed by atoms with Crippen molar-refractivity contribution in [1.29, 1.82) is 0 Å². The summed E-state index contributed by atoms with van der Waals surface area (Å²) in [5.41, 5.74) is 5.87. The third-order valence-corrected chi connectivity index (χ3v) is 7.84. The fourth-order valence-corrected chi connectivity index (χ4v) is 5.87. The number of anilines is 4. The van der Waals surface area contributed by atoms with Crippen LogP contribution in [0, 0.1) is 5.82 Å². The number of rotatable bonds is 4. The van der Waals surface area contributed by atoms with E-state index in [0.29, 0.717) is 45.0 Å². The van der Waals surface area contributed by atoms with E-state index < -0.39 is 0 Å². The molecule has 0 spiro atoms. The van der Waals surface area contributed by atoms with Gasteiger partial charge in [-0.1, -0.05) is 29.4 Å². The van der Waals surface area contributed by atoms with Crippen molar-refractivity contribution in [2.45, 2.75) is 0 Å². The van der Waals surface area contributed by atoms with Crippen LogP contribution in [0.15, 0.2) is 77.3 Å². The molecule has 3 aliphatic rings. The van der Waals surface area contributed by atoms with Gasteiger partial charge in [-0.2, -0.15) is 0 Å². The Bertz CT molecular complexity index is 1810. The van der Waals surface area contributed by atoms with Crippen LogP contribution in [0.3, 0.4) is 0 Å². The fourth-order valence-electron chi connectivity index (χ4n) is 5.87. The number of hydrogen-bond acceptors (Lipinski definition) is 8.